The lowest BCUT2D eigenvalue weighted by Crippen LogP contribution is -1.65. The molecule has 46 valence electrons. The normalized spacial score (nSPS) is 8.11. The number of nitrogens with zero attached hydrogens (tertiary/aromatic N) is 1. The van der Waals surface area contributed by atoms with Gasteiger partial charge in [0.1, 0.15) is 0 Å². The van der Waals surface area contributed by atoms with Gasteiger partial charge in [0.25, 0.3) is 0 Å². The first kappa shape index (κ1) is 6.31. The molecule has 1 heterocycles. The average molecular weight is 137 g/mol. The van der Waals surface area contributed by atoms with Gasteiger partial charge in [-0.3, -0.25) is 0 Å². The molecule has 2 heteroatoms. The fourth-order valence-corrected chi connectivity index (χ4v) is 0.953. The van der Waals surface area contributed by atoms with E-state index >= 15 is 0 Å². The van der Waals surface area contributed by atoms with Gasteiger partial charge in [-0.15, -0.1) is 11.3 Å². The van der Waals surface area contributed by atoms with Gasteiger partial charge >= 0.3 is 0 Å². The van der Waals surface area contributed by atoms with Gasteiger partial charge in [0, 0.05) is 18.0 Å². The van der Waals surface area contributed by atoms with Gasteiger partial charge in [0.2, 0.25) is 0 Å². The molecule has 0 radical (unpaired) electrons. The third-order valence-corrected chi connectivity index (χ3v) is 1.49. The Kier molecular flexibility index (Phi) is 2.29. The Hall–Kier alpha value is -0.810. The zero-order valence-corrected chi connectivity index (χ0v) is 6.03. The fraction of sp³-hybridized carbons (Fsp3) is 0.286. The minimum Gasteiger partial charge on any atom is -0.236 e. The highest BCUT2D eigenvalue weighted by Gasteiger charge is 1.83. The maximum Gasteiger partial charge on any atom is 0.166 e. The molecule has 0 fully saturated rings. The Labute approximate surface area is 58.8 Å². The Morgan fingerprint density at radius 2 is 2.67 bits per heavy atom. The van der Waals surface area contributed by atoms with Crippen LogP contribution in [-0.2, 0) is 0 Å². The van der Waals surface area contributed by atoms with Gasteiger partial charge in [0.05, 0.1) is 0 Å². The van der Waals surface area contributed by atoms with Crippen molar-refractivity contribution in [3.05, 3.63) is 16.6 Å². The zero-order valence-electron chi connectivity index (χ0n) is 5.22. The van der Waals surface area contributed by atoms with Gasteiger partial charge in [0.15, 0.2) is 5.01 Å². The van der Waals surface area contributed by atoms with Crippen molar-refractivity contribution in [1.29, 1.82) is 0 Å². The monoisotopic (exact) mass is 137 g/mol. The average Bonchev–Trinajstić information content (AvgIpc) is 2.34. The summed E-state index contributed by atoms with van der Waals surface area (Å²) in [6.45, 7) is 2.03. The van der Waals surface area contributed by atoms with Crippen LogP contribution in [0.1, 0.15) is 18.4 Å². The summed E-state index contributed by atoms with van der Waals surface area (Å²) >= 11 is 1.58. The molecule has 0 aliphatic rings. The van der Waals surface area contributed by atoms with Crippen LogP contribution in [0.5, 0.6) is 0 Å². The summed E-state index contributed by atoms with van der Waals surface area (Å²) in [5.41, 5.74) is 0. The second kappa shape index (κ2) is 3.26. The molecule has 9 heavy (non-hydrogen) atoms. The number of hydrogen-bond acceptors (Lipinski definition) is 2. The van der Waals surface area contributed by atoms with E-state index in [-0.39, 0.29) is 0 Å². The summed E-state index contributed by atoms with van der Waals surface area (Å²) in [6, 6.07) is 0. The van der Waals surface area contributed by atoms with Crippen molar-refractivity contribution in [3.63, 3.8) is 0 Å². The lowest BCUT2D eigenvalue weighted by atomic mass is 10.5. The van der Waals surface area contributed by atoms with Crippen LogP contribution < -0.4 is 0 Å². The molecule has 0 saturated carbocycles. The lowest BCUT2D eigenvalue weighted by molar-refractivity contribution is 1.27. The molecule has 0 spiro atoms. The maximum absolute atomic E-state index is 4.00. The van der Waals surface area contributed by atoms with Crippen LogP contribution >= 0.6 is 11.3 Å². The molecule has 0 saturated heterocycles. The van der Waals surface area contributed by atoms with Crippen LogP contribution in [-0.4, -0.2) is 4.98 Å². The largest absolute Gasteiger partial charge is 0.236 e. The molecule has 0 N–H and O–H groups in total. The molecule has 0 aromatic carbocycles. The SMILES string of the molecule is CCC#Cc1nccs1. The Balaban J connectivity index is 2.67. The molecule has 1 nitrogen and oxygen atoms in total. The molecule has 0 aliphatic carbocycles. The van der Waals surface area contributed by atoms with E-state index in [1.54, 1.807) is 17.5 Å². The molecule has 0 amide bonds. The third-order valence-electron chi connectivity index (χ3n) is 0.804. The molecule has 0 aliphatic heterocycles. The van der Waals surface area contributed by atoms with Crippen molar-refractivity contribution in [2.24, 2.45) is 0 Å². The maximum atomic E-state index is 4.00. The first-order chi connectivity index (χ1) is 4.43. The first-order valence-electron chi connectivity index (χ1n) is 2.82. The van der Waals surface area contributed by atoms with E-state index in [2.05, 4.69) is 16.8 Å². The van der Waals surface area contributed by atoms with E-state index in [1.165, 1.54) is 0 Å². The summed E-state index contributed by atoms with van der Waals surface area (Å²) in [5, 5.41) is 2.84. The fourth-order valence-electron chi connectivity index (χ4n) is 0.449. The van der Waals surface area contributed by atoms with Crippen molar-refractivity contribution in [2.75, 3.05) is 0 Å². The summed E-state index contributed by atoms with van der Waals surface area (Å²) in [4.78, 5) is 4.00. The van der Waals surface area contributed by atoms with E-state index in [4.69, 9.17) is 0 Å². The Morgan fingerprint density at radius 1 is 1.78 bits per heavy atom. The third kappa shape index (κ3) is 1.87. The number of rotatable bonds is 0. The quantitative estimate of drug-likeness (QED) is 0.498. The van der Waals surface area contributed by atoms with E-state index in [9.17, 15) is 0 Å². The Morgan fingerprint density at radius 3 is 3.22 bits per heavy atom. The summed E-state index contributed by atoms with van der Waals surface area (Å²) in [7, 11) is 0. The van der Waals surface area contributed by atoms with Crippen LogP contribution in [0, 0.1) is 11.8 Å². The van der Waals surface area contributed by atoms with Crippen molar-refractivity contribution in [1.82, 2.24) is 4.98 Å². The van der Waals surface area contributed by atoms with Gasteiger partial charge < -0.3 is 0 Å². The minimum atomic E-state index is 0.902. The van der Waals surface area contributed by atoms with E-state index < -0.39 is 0 Å². The predicted octanol–water partition coefficient (Wildman–Crippen LogP) is 1.90. The standard InChI is InChI=1S/C7H7NS/c1-2-3-4-7-8-5-6-9-7/h5-6H,2H2,1H3. The number of hydrogen-bond donors (Lipinski definition) is 0. The smallest absolute Gasteiger partial charge is 0.166 e. The first-order valence-corrected chi connectivity index (χ1v) is 3.70. The van der Waals surface area contributed by atoms with Gasteiger partial charge in [-0.1, -0.05) is 12.8 Å². The lowest BCUT2D eigenvalue weighted by Gasteiger charge is -1.71. The van der Waals surface area contributed by atoms with Crippen molar-refractivity contribution in [3.8, 4) is 11.8 Å². The second-order valence-electron chi connectivity index (χ2n) is 1.49. The molecule has 0 unspecified atom stereocenters. The number of aromatic nitrogens is 1. The van der Waals surface area contributed by atoms with Gasteiger partial charge in [-0.05, 0) is 5.92 Å². The highest BCUT2D eigenvalue weighted by molar-refractivity contribution is 7.10. The molecular formula is C7H7NS. The van der Waals surface area contributed by atoms with E-state index in [1.807, 2.05) is 12.3 Å². The van der Waals surface area contributed by atoms with Gasteiger partial charge in [-0.2, -0.15) is 0 Å². The summed E-state index contributed by atoms with van der Waals surface area (Å²) < 4.78 is 0. The molecule has 1 aromatic heterocycles. The van der Waals surface area contributed by atoms with Gasteiger partial charge in [-0.25, -0.2) is 4.98 Å². The molecular weight excluding hydrogens is 130 g/mol. The molecule has 1 aromatic rings. The topological polar surface area (TPSA) is 12.9 Å². The van der Waals surface area contributed by atoms with Crippen molar-refractivity contribution < 1.29 is 0 Å². The molecule has 1 rings (SSSR count). The van der Waals surface area contributed by atoms with Crippen LogP contribution in [0.15, 0.2) is 11.6 Å². The van der Waals surface area contributed by atoms with Crippen LogP contribution in [0.4, 0.5) is 0 Å². The summed E-state index contributed by atoms with van der Waals surface area (Å²) in [6.07, 6.45) is 2.67. The van der Waals surface area contributed by atoms with Crippen LogP contribution in [0.2, 0.25) is 0 Å². The zero-order chi connectivity index (χ0) is 6.53. The van der Waals surface area contributed by atoms with Crippen molar-refractivity contribution in [2.45, 2.75) is 13.3 Å². The summed E-state index contributed by atoms with van der Waals surface area (Å²) in [5.74, 6) is 5.88. The molecule has 0 atom stereocenters. The van der Waals surface area contributed by atoms with Crippen LogP contribution in [0.25, 0.3) is 0 Å². The molecule has 0 bridgehead atoms. The van der Waals surface area contributed by atoms with Crippen LogP contribution in [0.3, 0.4) is 0 Å². The highest BCUT2D eigenvalue weighted by atomic mass is 32.1. The predicted molar refractivity (Wildman–Crippen MR) is 39.3 cm³/mol. The van der Waals surface area contributed by atoms with E-state index in [0.717, 1.165) is 11.4 Å². The highest BCUT2D eigenvalue weighted by Crippen LogP contribution is 2.00. The second-order valence-corrected chi connectivity index (χ2v) is 2.39. The number of thiazole rings is 1. The Bertz CT molecular complexity index is 215. The van der Waals surface area contributed by atoms with E-state index in [0.29, 0.717) is 0 Å². The van der Waals surface area contributed by atoms with Crippen molar-refractivity contribution >= 4 is 11.3 Å². The minimum absolute atomic E-state index is 0.902.